The fraction of sp³-hybridized carbons (Fsp3) is 0.692. The minimum atomic E-state index is -0.298. The van der Waals surface area contributed by atoms with Gasteiger partial charge in [0, 0.05) is 18.5 Å². The number of rotatable bonds is 5. The highest BCUT2D eigenvalue weighted by atomic mass is 16.5. The van der Waals surface area contributed by atoms with Crippen molar-refractivity contribution in [2.45, 2.75) is 38.7 Å². The van der Waals surface area contributed by atoms with E-state index < -0.39 is 0 Å². The van der Waals surface area contributed by atoms with Crippen molar-refractivity contribution in [3.63, 3.8) is 0 Å². The van der Waals surface area contributed by atoms with Crippen molar-refractivity contribution in [3.05, 3.63) is 11.8 Å². The molecule has 0 aliphatic heterocycles. The monoisotopic (exact) mass is 268 g/mol. The molecule has 1 aliphatic rings. The van der Waals surface area contributed by atoms with Gasteiger partial charge in [0.25, 0.3) is 11.8 Å². The molecular formula is C13H20N2O4. The smallest absolute Gasteiger partial charge is 0.258 e. The third-order valence-corrected chi connectivity index (χ3v) is 3.39. The molecule has 1 aromatic rings. The van der Waals surface area contributed by atoms with Gasteiger partial charge in [-0.25, -0.2) is 0 Å². The summed E-state index contributed by atoms with van der Waals surface area (Å²) in [6, 6.07) is 1.62. The second kappa shape index (κ2) is 6.56. The topological polar surface area (TPSA) is 84.6 Å². The average Bonchev–Trinajstić information content (AvgIpc) is 2.81. The molecule has 0 radical (unpaired) electrons. The Morgan fingerprint density at radius 2 is 2.37 bits per heavy atom. The molecule has 1 saturated carbocycles. The van der Waals surface area contributed by atoms with E-state index in [0.717, 1.165) is 25.7 Å². The van der Waals surface area contributed by atoms with Crippen molar-refractivity contribution < 1.29 is 19.2 Å². The molecule has 2 unspecified atom stereocenters. The van der Waals surface area contributed by atoms with Gasteiger partial charge < -0.3 is 19.7 Å². The zero-order chi connectivity index (χ0) is 13.7. The first-order valence-corrected chi connectivity index (χ1v) is 6.66. The molecule has 19 heavy (non-hydrogen) atoms. The number of nitrogens with zero attached hydrogens (tertiary/aromatic N) is 1. The molecule has 1 fully saturated rings. The molecule has 2 rings (SSSR count). The first-order valence-electron chi connectivity index (χ1n) is 6.66. The normalized spacial score (nSPS) is 23.1. The van der Waals surface area contributed by atoms with Crippen LogP contribution in [0.3, 0.4) is 0 Å². The fourth-order valence-corrected chi connectivity index (χ4v) is 2.27. The number of ether oxygens (including phenoxy) is 1. The summed E-state index contributed by atoms with van der Waals surface area (Å²) in [4.78, 5) is 11.6. The van der Waals surface area contributed by atoms with E-state index in [0.29, 0.717) is 18.2 Å². The lowest BCUT2D eigenvalue weighted by molar-refractivity contribution is -0.123. The molecule has 2 N–H and O–H groups in total. The van der Waals surface area contributed by atoms with Gasteiger partial charge >= 0.3 is 0 Å². The number of aliphatic hydroxyl groups excluding tert-OH is 1. The Labute approximate surface area is 112 Å². The first kappa shape index (κ1) is 13.9. The van der Waals surface area contributed by atoms with E-state index in [9.17, 15) is 9.90 Å². The second-order valence-electron chi connectivity index (χ2n) is 4.98. The van der Waals surface area contributed by atoms with E-state index in [1.807, 2.05) is 0 Å². The van der Waals surface area contributed by atoms with Crippen molar-refractivity contribution in [2.24, 2.45) is 5.92 Å². The molecule has 0 aromatic carbocycles. The molecule has 0 bridgehead atoms. The summed E-state index contributed by atoms with van der Waals surface area (Å²) >= 11 is 0. The van der Waals surface area contributed by atoms with Crippen LogP contribution in [0.15, 0.2) is 10.6 Å². The van der Waals surface area contributed by atoms with Crippen LogP contribution >= 0.6 is 0 Å². The van der Waals surface area contributed by atoms with Crippen LogP contribution in [0.4, 0.5) is 0 Å². The molecular weight excluding hydrogens is 248 g/mol. The van der Waals surface area contributed by atoms with Crippen LogP contribution in [-0.4, -0.2) is 35.4 Å². The molecule has 0 spiro atoms. The van der Waals surface area contributed by atoms with Gasteiger partial charge in [-0.1, -0.05) is 12.8 Å². The Morgan fingerprint density at radius 3 is 3.05 bits per heavy atom. The standard InChI is InChI=1S/C13H20N2O4/c1-9-6-13(15-19-9)18-8-12(17)14-7-10-4-2-3-5-11(10)16/h6,10-11,16H,2-5,7-8H2,1H3,(H,14,17). The summed E-state index contributed by atoms with van der Waals surface area (Å²) in [6.07, 6.45) is 3.68. The van der Waals surface area contributed by atoms with Crippen LogP contribution in [0.1, 0.15) is 31.4 Å². The number of amides is 1. The predicted octanol–water partition coefficient (Wildman–Crippen LogP) is 1.03. The molecule has 2 atom stereocenters. The van der Waals surface area contributed by atoms with E-state index in [1.165, 1.54) is 0 Å². The maximum absolute atomic E-state index is 11.6. The largest absolute Gasteiger partial charge is 0.465 e. The average molecular weight is 268 g/mol. The lowest BCUT2D eigenvalue weighted by Crippen LogP contribution is -2.38. The molecule has 6 heteroatoms. The van der Waals surface area contributed by atoms with Gasteiger partial charge in [0.15, 0.2) is 6.61 Å². The Morgan fingerprint density at radius 1 is 1.58 bits per heavy atom. The number of nitrogens with one attached hydrogen (secondary N) is 1. The maximum atomic E-state index is 11.6. The Hall–Kier alpha value is -1.56. The number of carbonyl (C=O) groups excluding carboxylic acids is 1. The lowest BCUT2D eigenvalue weighted by Gasteiger charge is -2.27. The third kappa shape index (κ3) is 4.24. The van der Waals surface area contributed by atoms with Crippen LogP contribution in [0, 0.1) is 12.8 Å². The minimum Gasteiger partial charge on any atom is -0.465 e. The lowest BCUT2D eigenvalue weighted by atomic mass is 9.86. The maximum Gasteiger partial charge on any atom is 0.258 e. The summed E-state index contributed by atoms with van der Waals surface area (Å²) in [7, 11) is 0. The zero-order valence-electron chi connectivity index (χ0n) is 11.1. The van der Waals surface area contributed by atoms with Gasteiger partial charge in [0.05, 0.1) is 6.10 Å². The summed E-state index contributed by atoms with van der Waals surface area (Å²) in [5, 5.41) is 16.2. The van der Waals surface area contributed by atoms with Gasteiger partial charge in [-0.05, 0) is 24.9 Å². The van der Waals surface area contributed by atoms with Gasteiger partial charge in [-0.3, -0.25) is 4.79 Å². The van der Waals surface area contributed by atoms with E-state index in [4.69, 9.17) is 9.26 Å². The highest BCUT2D eigenvalue weighted by Gasteiger charge is 2.23. The van der Waals surface area contributed by atoms with Gasteiger partial charge in [-0.2, -0.15) is 0 Å². The summed E-state index contributed by atoms with van der Waals surface area (Å²) in [5.41, 5.74) is 0. The van der Waals surface area contributed by atoms with E-state index >= 15 is 0 Å². The molecule has 1 heterocycles. The van der Waals surface area contributed by atoms with Gasteiger partial charge in [-0.15, -0.1) is 0 Å². The number of aryl methyl sites for hydroxylation is 1. The van der Waals surface area contributed by atoms with Crippen LogP contribution in [-0.2, 0) is 4.79 Å². The molecule has 106 valence electrons. The highest BCUT2D eigenvalue weighted by molar-refractivity contribution is 5.77. The molecule has 1 aromatic heterocycles. The summed E-state index contributed by atoms with van der Waals surface area (Å²) in [6.45, 7) is 2.17. The minimum absolute atomic E-state index is 0.0885. The van der Waals surface area contributed by atoms with Crippen molar-refractivity contribution in [2.75, 3.05) is 13.2 Å². The SMILES string of the molecule is Cc1cc(OCC(=O)NCC2CCCCC2O)no1. The number of aliphatic hydroxyl groups is 1. The molecule has 1 aliphatic carbocycles. The van der Waals surface area contributed by atoms with E-state index in [2.05, 4.69) is 10.5 Å². The van der Waals surface area contributed by atoms with Crippen molar-refractivity contribution in [1.82, 2.24) is 10.5 Å². The fourth-order valence-electron chi connectivity index (χ4n) is 2.27. The zero-order valence-corrected chi connectivity index (χ0v) is 11.1. The molecule has 0 saturated heterocycles. The number of hydrogen-bond donors (Lipinski definition) is 2. The summed E-state index contributed by atoms with van der Waals surface area (Å²) < 4.78 is 10.0. The van der Waals surface area contributed by atoms with Gasteiger partial charge in [0.1, 0.15) is 5.76 Å². The first-order chi connectivity index (χ1) is 9.15. The second-order valence-corrected chi connectivity index (χ2v) is 4.98. The van der Waals surface area contributed by atoms with E-state index in [1.54, 1.807) is 13.0 Å². The van der Waals surface area contributed by atoms with Crippen LogP contribution in [0.2, 0.25) is 0 Å². The number of carbonyl (C=O) groups is 1. The van der Waals surface area contributed by atoms with Crippen LogP contribution < -0.4 is 10.1 Å². The Kier molecular flexibility index (Phi) is 4.79. The predicted molar refractivity (Wildman–Crippen MR) is 67.7 cm³/mol. The quantitative estimate of drug-likeness (QED) is 0.833. The Bertz CT molecular complexity index is 419. The summed E-state index contributed by atoms with van der Waals surface area (Å²) in [5.74, 6) is 0.900. The molecule has 1 amide bonds. The Balaban J connectivity index is 1.66. The van der Waals surface area contributed by atoms with Crippen molar-refractivity contribution in [1.29, 1.82) is 0 Å². The number of aromatic nitrogens is 1. The van der Waals surface area contributed by atoms with Gasteiger partial charge in [0.2, 0.25) is 0 Å². The van der Waals surface area contributed by atoms with E-state index in [-0.39, 0.29) is 24.5 Å². The van der Waals surface area contributed by atoms with Crippen LogP contribution in [0.5, 0.6) is 5.88 Å². The molecule has 6 nitrogen and oxygen atoms in total. The number of hydrogen-bond acceptors (Lipinski definition) is 5. The van der Waals surface area contributed by atoms with Crippen molar-refractivity contribution >= 4 is 5.91 Å². The van der Waals surface area contributed by atoms with Crippen LogP contribution in [0.25, 0.3) is 0 Å². The van der Waals surface area contributed by atoms with Crippen molar-refractivity contribution in [3.8, 4) is 5.88 Å². The highest BCUT2D eigenvalue weighted by Crippen LogP contribution is 2.23. The third-order valence-electron chi connectivity index (χ3n) is 3.39.